The lowest BCUT2D eigenvalue weighted by atomic mass is 10.1. The van der Waals surface area contributed by atoms with Gasteiger partial charge in [0.25, 0.3) is 0 Å². The van der Waals surface area contributed by atoms with Crippen molar-refractivity contribution < 1.29 is 8.78 Å². The first kappa shape index (κ1) is 11.3. The second kappa shape index (κ2) is 4.37. The molecule has 0 aromatic heterocycles. The van der Waals surface area contributed by atoms with Gasteiger partial charge in [-0.1, -0.05) is 0 Å². The molecule has 4 heteroatoms. The van der Waals surface area contributed by atoms with Crippen LogP contribution in [0.1, 0.15) is 13.8 Å². The number of nitrogens with one attached hydrogen (secondary N) is 1. The van der Waals surface area contributed by atoms with Gasteiger partial charge in [-0.15, -0.1) is 0 Å². The first-order valence-electron chi connectivity index (χ1n) is 5.53. The van der Waals surface area contributed by atoms with Crippen molar-refractivity contribution in [1.82, 2.24) is 5.32 Å². The number of anilines is 1. The molecule has 0 spiro atoms. The highest BCUT2D eigenvalue weighted by molar-refractivity contribution is 5.50. The molecule has 1 aromatic carbocycles. The molecule has 0 saturated carbocycles. The summed E-state index contributed by atoms with van der Waals surface area (Å²) >= 11 is 0. The fraction of sp³-hybridized carbons (Fsp3) is 0.500. The van der Waals surface area contributed by atoms with Gasteiger partial charge in [0.15, 0.2) is 0 Å². The molecule has 0 aliphatic carbocycles. The summed E-state index contributed by atoms with van der Waals surface area (Å²) in [4.78, 5) is 2.01. The van der Waals surface area contributed by atoms with Crippen LogP contribution in [0.5, 0.6) is 0 Å². The summed E-state index contributed by atoms with van der Waals surface area (Å²) in [5, 5.41) is 3.28. The monoisotopic (exact) mass is 226 g/mol. The smallest absolute Gasteiger partial charge is 0.149 e. The number of nitrogens with zero attached hydrogens (tertiary/aromatic N) is 1. The van der Waals surface area contributed by atoms with E-state index in [0.717, 1.165) is 19.2 Å². The van der Waals surface area contributed by atoms with Crippen LogP contribution in [0.2, 0.25) is 0 Å². The molecule has 0 bridgehead atoms. The average molecular weight is 226 g/mol. The predicted molar refractivity (Wildman–Crippen MR) is 60.6 cm³/mol. The second-order valence-corrected chi connectivity index (χ2v) is 4.36. The van der Waals surface area contributed by atoms with Gasteiger partial charge in [-0.2, -0.15) is 0 Å². The maximum atomic E-state index is 13.7. The maximum Gasteiger partial charge on any atom is 0.149 e. The number of piperazine rings is 1. The Labute approximate surface area is 94.3 Å². The number of hydrogen-bond donors (Lipinski definition) is 1. The van der Waals surface area contributed by atoms with Crippen molar-refractivity contribution in [2.75, 3.05) is 18.0 Å². The van der Waals surface area contributed by atoms with Gasteiger partial charge in [0.05, 0.1) is 5.69 Å². The molecule has 0 radical (unpaired) electrons. The van der Waals surface area contributed by atoms with E-state index < -0.39 is 11.6 Å². The average Bonchev–Trinajstić information content (AvgIpc) is 2.20. The largest absolute Gasteiger partial charge is 0.361 e. The minimum atomic E-state index is -0.531. The van der Waals surface area contributed by atoms with Crippen LogP contribution in [-0.4, -0.2) is 25.2 Å². The van der Waals surface area contributed by atoms with E-state index in [9.17, 15) is 8.78 Å². The molecule has 2 atom stereocenters. The molecule has 1 N–H and O–H groups in total. The van der Waals surface area contributed by atoms with Crippen LogP contribution in [0.3, 0.4) is 0 Å². The van der Waals surface area contributed by atoms with Crippen LogP contribution in [0, 0.1) is 11.6 Å². The van der Waals surface area contributed by atoms with Crippen molar-refractivity contribution >= 4 is 5.69 Å². The Morgan fingerprint density at radius 3 is 2.38 bits per heavy atom. The van der Waals surface area contributed by atoms with Crippen molar-refractivity contribution in [3.8, 4) is 0 Å². The van der Waals surface area contributed by atoms with Crippen LogP contribution in [0.4, 0.5) is 14.5 Å². The van der Waals surface area contributed by atoms with Gasteiger partial charge in [0.1, 0.15) is 11.6 Å². The van der Waals surface area contributed by atoms with E-state index in [4.69, 9.17) is 0 Å². The first-order valence-corrected chi connectivity index (χ1v) is 5.53. The molecular formula is C12H16F2N2. The third kappa shape index (κ3) is 2.02. The van der Waals surface area contributed by atoms with Crippen LogP contribution in [0.25, 0.3) is 0 Å². The van der Waals surface area contributed by atoms with Crippen molar-refractivity contribution in [2.24, 2.45) is 0 Å². The summed E-state index contributed by atoms with van der Waals surface area (Å²) in [6.45, 7) is 5.71. The Bertz CT molecular complexity index is 371. The maximum absolute atomic E-state index is 13.7. The van der Waals surface area contributed by atoms with E-state index in [-0.39, 0.29) is 12.1 Å². The summed E-state index contributed by atoms with van der Waals surface area (Å²) in [5.41, 5.74) is 0.489. The summed E-state index contributed by atoms with van der Waals surface area (Å²) in [6.07, 6.45) is 0. The molecular weight excluding hydrogens is 210 g/mol. The lowest BCUT2D eigenvalue weighted by Crippen LogP contribution is -2.55. The second-order valence-electron chi connectivity index (χ2n) is 4.36. The van der Waals surface area contributed by atoms with Crippen LogP contribution in [0.15, 0.2) is 18.2 Å². The van der Waals surface area contributed by atoms with Gasteiger partial charge in [-0.05, 0) is 26.0 Å². The van der Waals surface area contributed by atoms with E-state index in [2.05, 4.69) is 5.32 Å². The van der Waals surface area contributed by atoms with E-state index in [1.807, 2.05) is 18.7 Å². The third-order valence-electron chi connectivity index (χ3n) is 3.02. The minimum Gasteiger partial charge on any atom is -0.361 e. The molecule has 0 amide bonds. The number of rotatable bonds is 1. The molecule has 2 nitrogen and oxygen atoms in total. The minimum absolute atomic E-state index is 0.212. The standard InChI is InChI=1S/C12H16F2N2/c1-8-6-15-7-9(2)16(8)12-4-3-10(13)5-11(12)14/h3-5,8-9,15H,6-7H2,1-2H3. The van der Waals surface area contributed by atoms with Gasteiger partial charge in [-0.25, -0.2) is 8.78 Å². The Hall–Kier alpha value is -1.16. The third-order valence-corrected chi connectivity index (χ3v) is 3.02. The van der Waals surface area contributed by atoms with Gasteiger partial charge in [-0.3, -0.25) is 0 Å². The molecule has 1 fully saturated rings. The van der Waals surface area contributed by atoms with Crippen molar-refractivity contribution in [3.63, 3.8) is 0 Å². The van der Waals surface area contributed by atoms with Crippen molar-refractivity contribution in [3.05, 3.63) is 29.8 Å². The van der Waals surface area contributed by atoms with E-state index in [1.165, 1.54) is 12.1 Å². The SMILES string of the molecule is CC1CNCC(C)N1c1ccc(F)cc1F. The van der Waals surface area contributed by atoms with E-state index in [0.29, 0.717) is 5.69 Å². The van der Waals surface area contributed by atoms with E-state index >= 15 is 0 Å². The lowest BCUT2D eigenvalue weighted by molar-refractivity contribution is 0.425. The van der Waals surface area contributed by atoms with Crippen molar-refractivity contribution in [2.45, 2.75) is 25.9 Å². The molecule has 1 aliphatic rings. The van der Waals surface area contributed by atoms with Gasteiger partial charge < -0.3 is 10.2 Å². The van der Waals surface area contributed by atoms with Crippen LogP contribution in [-0.2, 0) is 0 Å². The van der Waals surface area contributed by atoms with Gasteiger partial charge >= 0.3 is 0 Å². The summed E-state index contributed by atoms with van der Waals surface area (Å²) in [7, 11) is 0. The highest BCUT2D eigenvalue weighted by Gasteiger charge is 2.26. The van der Waals surface area contributed by atoms with Gasteiger partial charge in [0, 0.05) is 31.2 Å². The Kier molecular flexibility index (Phi) is 3.10. The van der Waals surface area contributed by atoms with Gasteiger partial charge in [0.2, 0.25) is 0 Å². The summed E-state index contributed by atoms with van der Waals surface area (Å²) < 4.78 is 26.5. The molecule has 1 aliphatic heterocycles. The topological polar surface area (TPSA) is 15.3 Å². The molecule has 2 unspecified atom stereocenters. The Morgan fingerprint density at radius 1 is 1.19 bits per heavy atom. The van der Waals surface area contributed by atoms with E-state index in [1.54, 1.807) is 0 Å². The normalized spacial score (nSPS) is 25.9. The fourth-order valence-electron chi connectivity index (χ4n) is 2.30. The molecule has 16 heavy (non-hydrogen) atoms. The fourth-order valence-corrected chi connectivity index (χ4v) is 2.30. The molecule has 1 saturated heterocycles. The summed E-state index contributed by atoms with van der Waals surface area (Å²) in [6, 6.07) is 4.19. The molecule has 1 heterocycles. The van der Waals surface area contributed by atoms with Crippen LogP contribution >= 0.6 is 0 Å². The Balaban J connectivity index is 2.34. The zero-order valence-corrected chi connectivity index (χ0v) is 9.50. The highest BCUT2D eigenvalue weighted by Crippen LogP contribution is 2.25. The molecule has 2 rings (SSSR count). The highest BCUT2D eigenvalue weighted by atomic mass is 19.1. The zero-order chi connectivity index (χ0) is 11.7. The lowest BCUT2D eigenvalue weighted by Gasteiger charge is -2.41. The number of hydrogen-bond acceptors (Lipinski definition) is 2. The Morgan fingerprint density at radius 2 is 1.81 bits per heavy atom. The van der Waals surface area contributed by atoms with Crippen molar-refractivity contribution in [1.29, 1.82) is 0 Å². The predicted octanol–water partition coefficient (Wildman–Crippen LogP) is 2.15. The summed E-state index contributed by atoms with van der Waals surface area (Å²) in [5.74, 6) is -1.02. The quantitative estimate of drug-likeness (QED) is 0.789. The molecule has 1 aromatic rings. The first-order chi connectivity index (χ1) is 7.59. The zero-order valence-electron chi connectivity index (χ0n) is 9.50. The number of halogens is 2. The number of benzene rings is 1. The molecule has 88 valence electrons. The van der Waals surface area contributed by atoms with Crippen LogP contribution < -0.4 is 10.2 Å².